The zero-order valence-corrected chi connectivity index (χ0v) is 10.8. The van der Waals surface area contributed by atoms with Gasteiger partial charge in [0.05, 0.1) is 0 Å². The van der Waals surface area contributed by atoms with Crippen molar-refractivity contribution < 1.29 is 0 Å². The lowest BCUT2D eigenvalue weighted by molar-refractivity contribution is 0.746. The molecule has 2 N–H and O–H groups in total. The molecule has 1 nitrogen and oxygen atoms in total. The van der Waals surface area contributed by atoms with Crippen molar-refractivity contribution in [1.29, 1.82) is 0 Å². The second kappa shape index (κ2) is 6.41. The maximum Gasteiger partial charge on any atom is 0.0420 e. The number of thioether (sulfide) groups is 1. The van der Waals surface area contributed by atoms with Gasteiger partial charge in [-0.25, -0.2) is 0 Å². The minimum absolute atomic E-state index is 0.367. The van der Waals surface area contributed by atoms with Crippen molar-refractivity contribution in [2.75, 3.05) is 12.3 Å². The minimum Gasteiger partial charge on any atom is -0.329 e. The standard InChI is InChI=1S/C12H18ClNS/c1-9(2)8-15-12(7-14)10-4-3-5-11(13)6-10/h3-6,9,12H,7-8,14H2,1-2H3/t12-/m1/s1. The minimum atomic E-state index is 0.367. The van der Waals surface area contributed by atoms with Crippen molar-refractivity contribution >= 4 is 23.4 Å². The molecule has 0 aromatic heterocycles. The van der Waals surface area contributed by atoms with E-state index in [1.807, 2.05) is 30.0 Å². The highest BCUT2D eigenvalue weighted by Gasteiger charge is 2.10. The summed E-state index contributed by atoms with van der Waals surface area (Å²) in [6, 6.07) is 7.98. The molecule has 0 saturated heterocycles. The Balaban J connectivity index is 2.65. The Kier molecular flexibility index (Phi) is 5.51. The molecule has 0 amide bonds. The first-order valence-electron chi connectivity index (χ1n) is 5.20. The van der Waals surface area contributed by atoms with Crippen LogP contribution in [-0.2, 0) is 0 Å². The Morgan fingerprint density at radius 3 is 2.67 bits per heavy atom. The summed E-state index contributed by atoms with van der Waals surface area (Å²) < 4.78 is 0. The number of rotatable bonds is 5. The maximum absolute atomic E-state index is 5.96. The second-order valence-corrected chi connectivity index (χ2v) is 5.68. The second-order valence-electron chi connectivity index (χ2n) is 4.01. The van der Waals surface area contributed by atoms with Gasteiger partial charge in [-0.2, -0.15) is 11.8 Å². The number of benzene rings is 1. The molecule has 0 aliphatic rings. The summed E-state index contributed by atoms with van der Waals surface area (Å²) in [7, 11) is 0. The summed E-state index contributed by atoms with van der Waals surface area (Å²) in [6.45, 7) is 5.11. The first kappa shape index (κ1) is 12.9. The SMILES string of the molecule is CC(C)CS[C@H](CN)c1cccc(Cl)c1. The van der Waals surface area contributed by atoms with Crippen LogP contribution in [0.1, 0.15) is 24.7 Å². The molecular formula is C12H18ClNS. The van der Waals surface area contributed by atoms with Crippen LogP contribution in [0.5, 0.6) is 0 Å². The van der Waals surface area contributed by atoms with E-state index >= 15 is 0 Å². The van der Waals surface area contributed by atoms with Gasteiger partial charge < -0.3 is 5.73 Å². The smallest absolute Gasteiger partial charge is 0.0420 e. The Morgan fingerprint density at radius 2 is 2.13 bits per heavy atom. The number of hydrogen-bond acceptors (Lipinski definition) is 2. The predicted octanol–water partition coefficient (Wildman–Crippen LogP) is 3.73. The van der Waals surface area contributed by atoms with Gasteiger partial charge in [0.2, 0.25) is 0 Å². The molecule has 3 heteroatoms. The van der Waals surface area contributed by atoms with E-state index in [2.05, 4.69) is 19.9 Å². The van der Waals surface area contributed by atoms with Gasteiger partial charge in [-0.05, 0) is 29.4 Å². The molecule has 1 rings (SSSR count). The van der Waals surface area contributed by atoms with Crippen molar-refractivity contribution in [1.82, 2.24) is 0 Å². The highest BCUT2D eigenvalue weighted by molar-refractivity contribution is 7.99. The highest BCUT2D eigenvalue weighted by atomic mass is 35.5. The lowest BCUT2D eigenvalue weighted by Gasteiger charge is -2.16. The van der Waals surface area contributed by atoms with Crippen LogP contribution < -0.4 is 5.73 Å². The molecule has 84 valence electrons. The Hall–Kier alpha value is -0.180. The third kappa shape index (κ3) is 4.45. The van der Waals surface area contributed by atoms with Gasteiger partial charge in [0.15, 0.2) is 0 Å². The van der Waals surface area contributed by atoms with Crippen LogP contribution >= 0.6 is 23.4 Å². The lowest BCUT2D eigenvalue weighted by Crippen LogP contribution is -2.10. The zero-order chi connectivity index (χ0) is 11.3. The van der Waals surface area contributed by atoms with E-state index in [0.29, 0.717) is 17.7 Å². The van der Waals surface area contributed by atoms with E-state index in [4.69, 9.17) is 17.3 Å². The first-order valence-corrected chi connectivity index (χ1v) is 6.63. The summed E-state index contributed by atoms with van der Waals surface area (Å²) in [5.74, 6) is 1.83. The largest absolute Gasteiger partial charge is 0.329 e. The van der Waals surface area contributed by atoms with E-state index in [1.54, 1.807) is 0 Å². The van der Waals surface area contributed by atoms with Gasteiger partial charge in [-0.15, -0.1) is 0 Å². The van der Waals surface area contributed by atoms with E-state index in [9.17, 15) is 0 Å². The normalized spacial score (nSPS) is 13.1. The fourth-order valence-electron chi connectivity index (χ4n) is 1.32. The molecule has 0 saturated carbocycles. The van der Waals surface area contributed by atoms with Crippen LogP contribution in [0.3, 0.4) is 0 Å². The van der Waals surface area contributed by atoms with E-state index in [1.165, 1.54) is 5.56 Å². The van der Waals surface area contributed by atoms with Crippen LogP contribution in [0.25, 0.3) is 0 Å². The molecule has 0 radical (unpaired) electrons. The highest BCUT2D eigenvalue weighted by Crippen LogP contribution is 2.30. The number of halogens is 1. The Labute approximate surface area is 101 Å². The quantitative estimate of drug-likeness (QED) is 0.853. The monoisotopic (exact) mass is 243 g/mol. The van der Waals surface area contributed by atoms with Crippen molar-refractivity contribution in [3.63, 3.8) is 0 Å². The summed E-state index contributed by atoms with van der Waals surface area (Å²) in [5, 5.41) is 1.15. The van der Waals surface area contributed by atoms with Crippen LogP contribution in [0.2, 0.25) is 5.02 Å². The average molecular weight is 244 g/mol. The zero-order valence-electron chi connectivity index (χ0n) is 9.24. The molecule has 0 bridgehead atoms. The topological polar surface area (TPSA) is 26.0 Å². The fraction of sp³-hybridized carbons (Fsp3) is 0.500. The third-order valence-corrected chi connectivity index (χ3v) is 4.03. The van der Waals surface area contributed by atoms with E-state index in [0.717, 1.165) is 10.8 Å². The van der Waals surface area contributed by atoms with Gasteiger partial charge in [-0.1, -0.05) is 37.6 Å². The molecule has 0 aliphatic carbocycles. The van der Waals surface area contributed by atoms with Gasteiger partial charge >= 0.3 is 0 Å². The Bertz CT molecular complexity index is 301. The molecule has 1 atom stereocenters. The van der Waals surface area contributed by atoms with E-state index in [-0.39, 0.29) is 0 Å². The summed E-state index contributed by atoms with van der Waals surface area (Å²) >= 11 is 7.87. The molecule has 0 spiro atoms. The van der Waals surface area contributed by atoms with Gasteiger partial charge in [0.1, 0.15) is 0 Å². The maximum atomic E-state index is 5.96. The third-order valence-electron chi connectivity index (χ3n) is 2.07. The van der Waals surface area contributed by atoms with E-state index < -0.39 is 0 Å². The molecule has 1 aromatic rings. The van der Waals surface area contributed by atoms with Crippen LogP contribution in [0, 0.1) is 5.92 Å². The number of nitrogens with two attached hydrogens (primary N) is 1. The lowest BCUT2D eigenvalue weighted by atomic mass is 10.1. The molecular weight excluding hydrogens is 226 g/mol. The van der Waals surface area contributed by atoms with Crippen molar-refractivity contribution in [2.24, 2.45) is 11.7 Å². The van der Waals surface area contributed by atoms with Gasteiger partial charge in [-0.3, -0.25) is 0 Å². The van der Waals surface area contributed by atoms with Crippen molar-refractivity contribution in [3.05, 3.63) is 34.9 Å². The molecule has 0 aliphatic heterocycles. The summed E-state index contributed by atoms with van der Waals surface area (Å²) in [6.07, 6.45) is 0. The molecule has 15 heavy (non-hydrogen) atoms. The summed E-state index contributed by atoms with van der Waals surface area (Å²) in [5.41, 5.74) is 7.01. The Morgan fingerprint density at radius 1 is 1.40 bits per heavy atom. The van der Waals surface area contributed by atoms with Crippen molar-refractivity contribution in [3.8, 4) is 0 Å². The van der Waals surface area contributed by atoms with Crippen molar-refractivity contribution in [2.45, 2.75) is 19.1 Å². The van der Waals surface area contributed by atoms with Gasteiger partial charge in [0.25, 0.3) is 0 Å². The molecule has 0 unspecified atom stereocenters. The number of hydrogen-bond donors (Lipinski definition) is 1. The fourth-order valence-corrected chi connectivity index (χ4v) is 2.61. The summed E-state index contributed by atoms with van der Waals surface area (Å²) in [4.78, 5) is 0. The van der Waals surface area contributed by atoms with Crippen LogP contribution in [0.4, 0.5) is 0 Å². The van der Waals surface area contributed by atoms with Crippen LogP contribution in [-0.4, -0.2) is 12.3 Å². The molecule has 0 fully saturated rings. The molecule has 0 heterocycles. The predicted molar refractivity (Wildman–Crippen MR) is 70.5 cm³/mol. The van der Waals surface area contributed by atoms with Crippen LogP contribution in [0.15, 0.2) is 24.3 Å². The molecule has 1 aromatic carbocycles. The first-order chi connectivity index (χ1) is 7.13. The average Bonchev–Trinajstić information content (AvgIpc) is 2.18. The van der Waals surface area contributed by atoms with Gasteiger partial charge in [0, 0.05) is 16.8 Å².